The Morgan fingerprint density at radius 1 is 1.19 bits per heavy atom. The predicted octanol–water partition coefficient (Wildman–Crippen LogP) is 4.99. The van der Waals surface area contributed by atoms with E-state index in [4.69, 9.17) is 16.3 Å². The van der Waals surface area contributed by atoms with Crippen LogP contribution in [0.1, 0.15) is 36.7 Å². The summed E-state index contributed by atoms with van der Waals surface area (Å²) in [7, 11) is 1.64. The molecule has 6 nitrogen and oxygen atoms in total. The Morgan fingerprint density at radius 2 is 1.90 bits per heavy atom. The second kappa shape index (κ2) is 9.75. The summed E-state index contributed by atoms with van der Waals surface area (Å²) in [6.45, 7) is 1.90. The van der Waals surface area contributed by atoms with Crippen LogP contribution in [0.5, 0.6) is 5.75 Å². The summed E-state index contributed by atoms with van der Waals surface area (Å²) in [5.74, 6) is 2.28. The summed E-state index contributed by atoms with van der Waals surface area (Å²) < 4.78 is 7.18. The quantitative estimate of drug-likeness (QED) is 0.484. The van der Waals surface area contributed by atoms with Crippen molar-refractivity contribution in [1.82, 2.24) is 20.1 Å². The molecule has 1 aliphatic carbocycles. The molecular formula is C23H25ClN4O2S. The van der Waals surface area contributed by atoms with Crippen LogP contribution in [0.25, 0.3) is 5.69 Å². The fourth-order valence-corrected chi connectivity index (χ4v) is 4.66. The minimum atomic E-state index is -0.0150. The number of hydrogen-bond acceptors (Lipinski definition) is 5. The van der Waals surface area contributed by atoms with E-state index in [1.54, 1.807) is 7.11 Å². The zero-order valence-electron chi connectivity index (χ0n) is 17.5. The van der Waals surface area contributed by atoms with Gasteiger partial charge in [0.2, 0.25) is 5.91 Å². The number of methoxy groups -OCH3 is 1. The summed E-state index contributed by atoms with van der Waals surface area (Å²) in [6, 6.07) is 15.5. The average Bonchev–Trinajstić information content (AvgIpc) is 3.11. The monoisotopic (exact) mass is 456 g/mol. The van der Waals surface area contributed by atoms with Gasteiger partial charge in [-0.1, -0.05) is 41.9 Å². The van der Waals surface area contributed by atoms with Crippen LogP contribution in [0, 0.1) is 12.8 Å². The van der Waals surface area contributed by atoms with Crippen LogP contribution in [0.3, 0.4) is 0 Å². The van der Waals surface area contributed by atoms with E-state index in [9.17, 15) is 4.79 Å². The third kappa shape index (κ3) is 5.05. The summed E-state index contributed by atoms with van der Waals surface area (Å²) in [5, 5.41) is 13.1. The number of nitrogens with zero attached hydrogens (tertiary/aromatic N) is 3. The molecule has 1 atom stereocenters. The molecule has 1 fully saturated rings. The second-order valence-electron chi connectivity index (χ2n) is 7.64. The molecule has 3 aromatic rings. The zero-order valence-corrected chi connectivity index (χ0v) is 19.1. The molecule has 1 amide bonds. The first-order chi connectivity index (χ1) is 15.0. The molecule has 0 saturated heterocycles. The molecule has 162 valence electrons. The molecule has 4 rings (SSSR count). The maximum atomic E-state index is 12.8. The van der Waals surface area contributed by atoms with E-state index < -0.39 is 0 Å². The van der Waals surface area contributed by atoms with E-state index in [2.05, 4.69) is 15.5 Å². The fourth-order valence-electron chi connectivity index (χ4n) is 3.73. The number of thioether (sulfide) groups is 1. The average molecular weight is 457 g/mol. The number of nitrogens with one attached hydrogen (secondary N) is 1. The lowest BCUT2D eigenvalue weighted by Crippen LogP contribution is -2.37. The van der Waals surface area contributed by atoms with Crippen LogP contribution >= 0.6 is 23.4 Å². The van der Waals surface area contributed by atoms with Crippen LogP contribution < -0.4 is 10.1 Å². The van der Waals surface area contributed by atoms with Gasteiger partial charge in [-0.2, -0.15) is 0 Å². The van der Waals surface area contributed by atoms with E-state index in [0.717, 1.165) is 35.7 Å². The van der Waals surface area contributed by atoms with Crippen LogP contribution in [-0.4, -0.2) is 33.5 Å². The number of amides is 1. The molecule has 1 saturated carbocycles. The lowest BCUT2D eigenvalue weighted by molar-refractivity contribution is -0.119. The molecular weight excluding hydrogens is 432 g/mol. The number of carbonyl (C=O) groups excluding carboxylic acids is 1. The Hall–Kier alpha value is -2.51. The highest BCUT2D eigenvalue weighted by Crippen LogP contribution is 2.38. The van der Waals surface area contributed by atoms with Crippen molar-refractivity contribution in [3.63, 3.8) is 0 Å². The maximum absolute atomic E-state index is 12.8. The normalized spacial score (nSPS) is 14.7. The molecule has 0 aliphatic heterocycles. The molecule has 0 bridgehead atoms. The molecule has 1 unspecified atom stereocenters. The molecule has 1 aliphatic rings. The topological polar surface area (TPSA) is 69.0 Å². The van der Waals surface area contributed by atoms with Gasteiger partial charge in [0.15, 0.2) is 5.16 Å². The molecule has 8 heteroatoms. The molecule has 0 radical (unpaired) electrons. The van der Waals surface area contributed by atoms with Crippen molar-refractivity contribution in [1.29, 1.82) is 0 Å². The van der Waals surface area contributed by atoms with Crippen molar-refractivity contribution in [2.24, 2.45) is 5.92 Å². The smallest absolute Gasteiger partial charge is 0.230 e. The lowest BCUT2D eigenvalue weighted by Gasteiger charge is -2.34. The molecule has 1 aromatic heterocycles. The predicted molar refractivity (Wildman–Crippen MR) is 123 cm³/mol. The minimum absolute atomic E-state index is 0.0142. The number of aromatic nitrogens is 3. The van der Waals surface area contributed by atoms with Crippen LogP contribution in [0.4, 0.5) is 0 Å². The van der Waals surface area contributed by atoms with Gasteiger partial charge in [-0.3, -0.25) is 9.36 Å². The fraction of sp³-hybridized carbons (Fsp3) is 0.348. The number of hydrogen-bond donors (Lipinski definition) is 1. The zero-order chi connectivity index (χ0) is 21.8. The van der Waals surface area contributed by atoms with Gasteiger partial charge >= 0.3 is 0 Å². The van der Waals surface area contributed by atoms with Gasteiger partial charge in [0.1, 0.15) is 11.6 Å². The largest absolute Gasteiger partial charge is 0.497 e. The highest BCUT2D eigenvalue weighted by Gasteiger charge is 2.29. The van der Waals surface area contributed by atoms with Gasteiger partial charge in [0, 0.05) is 10.7 Å². The Morgan fingerprint density at radius 3 is 2.52 bits per heavy atom. The van der Waals surface area contributed by atoms with Crippen molar-refractivity contribution < 1.29 is 9.53 Å². The van der Waals surface area contributed by atoms with Crippen LogP contribution in [0.15, 0.2) is 53.7 Å². The van der Waals surface area contributed by atoms with Gasteiger partial charge in [0.05, 0.1) is 18.9 Å². The number of rotatable bonds is 8. The number of halogens is 1. The van der Waals surface area contributed by atoms with E-state index in [1.807, 2.05) is 60.0 Å². The summed E-state index contributed by atoms with van der Waals surface area (Å²) in [4.78, 5) is 12.8. The Balaban J connectivity index is 1.44. The van der Waals surface area contributed by atoms with Crippen LogP contribution in [0.2, 0.25) is 5.02 Å². The Bertz CT molecular complexity index is 1030. The first-order valence-electron chi connectivity index (χ1n) is 10.3. The van der Waals surface area contributed by atoms with Gasteiger partial charge in [-0.25, -0.2) is 0 Å². The number of ether oxygens (including phenoxy) is 1. The molecule has 2 aromatic carbocycles. The standard InChI is InChI=1S/C23H25ClN4O2S/c1-15-26-27-23(28(15)19-10-12-20(30-2)13-11-19)31-14-21(29)25-22(16-4-3-5-16)17-6-8-18(24)9-7-17/h6-13,16,22H,3-5,14H2,1-2H3,(H,25,29). The van der Waals surface area contributed by atoms with E-state index in [-0.39, 0.29) is 17.7 Å². The van der Waals surface area contributed by atoms with E-state index >= 15 is 0 Å². The van der Waals surface area contributed by atoms with Gasteiger partial charge in [-0.15, -0.1) is 10.2 Å². The van der Waals surface area contributed by atoms with Crippen LogP contribution in [-0.2, 0) is 4.79 Å². The van der Waals surface area contributed by atoms with E-state index in [1.165, 1.54) is 18.2 Å². The summed E-state index contributed by atoms with van der Waals surface area (Å²) >= 11 is 7.42. The maximum Gasteiger partial charge on any atom is 0.230 e. The Labute approximate surface area is 191 Å². The van der Waals surface area contributed by atoms with Crippen molar-refractivity contribution >= 4 is 29.3 Å². The minimum Gasteiger partial charge on any atom is -0.497 e. The van der Waals surface area contributed by atoms with Gasteiger partial charge in [0.25, 0.3) is 0 Å². The molecule has 0 spiro atoms. The van der Waals surface area contributed by atoms with E-state index in [0.29, 0.717) is 16.1 Å². The van der Waals surface area contributed by atoms with Crippen molar-refractivity contribution in [2.45, 2.75) is 37.4 Å². The second-order valence-corrected chi connectivity index (χ2v) is 9.02. The summed E-state index contributed by atoms with van der Waals surface area (Å²) in [6.07, 6.45) is 3.47. The number of carbonyl (C=O) groups is 1. The molecule has 31 heavy (non-hydrogen) atoms. The highest BCUT2D eigenvalue weighted by molar-refractivity contribution is 7.99. The summed E-state index contributed by atoms with van der Waals surface area (Å²) in [5.41, 5.74) is 2.03. The number of benzene rings is 2. The Kier molecular flexibility index (Phi) is 6.83. The highest BCUT2D eigenvalue weighted by atomic mass is 35.5. The lowest BCUT2D eigenvalue weighted by atomic mass is 9.77. The number of aryl methyl sites for hydroxylation is 1. The van der Waals surface area contributed by atoms with Gasteiger partial charge in [-0.05, 0) is 67.6 Å². The van der Waals surface area contributed by atoms with Crippen molar-refractivity contribution in [3.05, 3.63) is 64.9 Å². The molecule has 1 heterocycles. The molecule has 1 N–H and O–H groups in total. The SMILES string of the molecule is COc1ccc(-n2c(C)nnc2SCC(=O)NC(c2ccc(Cl)cc2)C2CCC2)cc1. The van der Waals surface area contributed by atoms with Crippen molar-refractivity contribution in [3.8, 4) is 11.4 Å². The van der Waals surface area contributed by atoms with Gasteiger partial charge < -0.3 is 10.1 Å². The van der Waals surface area contributed by atoms with Crippen molar-refractivity contribution in [2.75, 3.05) is 12.9 Å². The third-order valence-electron chi connectivity index (χ3n) is 5.62. The first-order valence-corrected chi connectivity index (χ1v) is 11.7. The third-order valence-corrected chi connectivity index (χ3v) is 6.81. The first kappa shape index (κ1) is 21.7.